The van der Waals surface area contributed by atoms with Crippen molar-refractivity contribution < 1.29 is 14.3 Å². The van der Waals surface area contributed by atoms with Crippen LogP contribution in [0.5, 0.6) is 5.75 Å². The molecule has 0 fully saturated rings. The SMILES string of the molecule is CCC(=O)C(OC)c1ccccc1OC. The summed E-state index contributed by atoms with van der Waals surface area (Å²) in [6, 6.07) is 7.41. The Morgan fingerprint density at radius 2 is 2.00 bits per heavy atom. The molecule has 0 saturated carbocycles. The quantitative estimate of drug-likeness (QED) is 0.745. The predicted molar refractivity (Wildman–Crippen MR) is 58.0 cm³/mol. The van der Waals surface area contributed by atoms with Crippen LogP contribution in [0.2, 0.25) is 0 Å². The van der Waals surface area contributed by atoms with Crippen molar-refractivity contribution in [2.24, 2.45) is 0 Å². The fourth-order valence-corrected chi connectivity index (χ4v) is 1.50. The molecule has 0 aliphatic carbocycles. The lowest BCUT2D eigenvalue weighted by Gasteiger charge is -2.16. The van der Waals surface area contributed by atoms with Crippen molar-refractivity contribution in [3.05, 3.63) is 29.8 Å². The fourth-order valence-electron chi connectivity index (χ4n) is 1.50. The van der Waals surface area contributed by atoms with Gasteiger partial charge >= 0.3 is 0 Å². The van der Waals surface area contributed by atoms with Crippen LogP contribution in [0.4, 0.5) is 0 Å². The minimum atomic E-state index is -0.522. The average molecular weight is 208 g/mol. The smallest absolute Gasteiger partial charge is 0.165 e. The van der Waals surface area contributed by atoms with Gasteiger partial charge in [-0.25, -0.2) is 0 Å². The Bertz CT molecular complexity index is 333. The molecule has 15 heavy (non-hydrogen) atoms. The number of ether oxygens (including phenoxy) is 2. The van der Waals surface area contributed by atoms with Gasteiger partial charge < -0.3 is 9.47 Å². The van der Waals surface area contributed by atoms with Gasteiger partial charge in [-0.15, -0.1) is 0 Å². The van der Waals surface area contributed by atoms with Crippen molar-refractivity contribution in [2.45, 2.75) is 19.4 Å². The van der Waals surface area contributed by atoms with Crippen LogP contribution >= 0.6 is 0 Å². The lowest BCUT2D eigenvalue weighted by Crippen LogP contribution is -2.14. The monoisotopic (exact) mass is 208 g/mol. The lowest BCUT2D eigenvalue weighted by atomic mass is 10.0. The van der Waals surface area contributed by atoms with E-state index in [4.69, 9.17) is 9.47 Å². The second-order valence-corrected chi connectivity index (χ2v) is 3.18. The van der Waals surface area contributed by atoms with Crippen LogP contribution in [0, 0.1) is 0 Å². The molecule has 0 N–H and O–H groups in total. The van der Waals surface area contributed by atoms with Crippen LogP contribution in [-0.4, -0.2) is 20.0 Å². The highest BCUT2D eigenvalue weighted by Crippen LogP contribution is 2.28. The molecule has 3 nitrogen and oxygen atoms in total. The number of hydrogen-bond donors (Lipinski definition) is 0. The molecule has 82 valence electrons. The Hall–Kier alpha value is -1.35. The van der Waals surface area contributed by atoms with E-state index in [1.807, 2.05) is 31.2 Å². The molecule has 3 heteroatoms. The molecule has 0 aliphatic rings. The number of carbonyl (C=O) groups excluding carboxylic acids is 1. The highest BCUT2D eigenvalue weighted by molar-refractivity contribution is 5.84. The average Bonchev–Trinajstić information content (AvgIpc) is 2.30. The topological polar surface area (TPSA) is 35.5 Å². The standard InChI is InChI=1S/C12H16O3/c1-4-10(13)12(15-3)9-7-5-6-8-11(9)14-2/h5-8,12H,4H2,1-3H3. The number of Topliss-reactive ketones (excluding diaryl/α,β-unsaturated/α-hetero) is 1. The van der Waals surface area contributed by atoms with Crippen LogP contribution < -0.4 is 4.74 Å². The Kier molecular flexibility index (Phi) is 4.31. The van der Waals surface area contributed by atoms with Gasteiger partial charge in [0.25, 0.3) is 0 Å². The highest BCUT2D eigenvalue weighted by Gasteiger charge is 2.21. The van der Waals surface area contributed by atoms with Gasteiger partial charge in [-0.2, -0.15) is 0 Å². The summed E-state index contributed by atoms with van der Waals surface area (Å²) in [5.74, 6) is 0.744. The molecular formula is C12H16O3. The molecule has 0 heterocycles. The Labute approximate surface area is 90.0 Å². The van der Waals surface area contributed by atoms with E-state index in [-0.39, 0.29) is 5.78 Å². The minimum absolute atomic E-state index is 0.0574. The lowest BCUT2D eigenvalue weighted by molar-refractivity contribution is -0.128. The summed E-state index contributed by atoms with van der Waals surface area (Å²) in [4.78, 5) is 11.6. The molecule has 0 aliphatic heterocycles. The van der Waals surface area contributed by atoms with E-state index < -0.39 is 6.10 Å². The first-order chi connectivity index (χ1) is 7.24. The van der Waals surface area contributed by atoms with E-state index in [9.17, 15) is 4.79 Å². The third-order valence-electron chi connectivity index (χ3n) is 2.30. The number of ketones is 1. The van der Waals surface area contributed by atoms with Gasteiger partial charge in [-0.05, 0) is 6.07 Å². The zero-order valence-electron chi connectivity index (χ0n) is 9.32. The van der Waals surface area contributed by atoms with Gasteiger partial charge in [-0.3, -0.25) is 4.79 Å². The van der Waals surface area contributed by atoms with Crippen LogP contribution in [0.15, 0.2) is 24.3 Å². The van der Waals surface area contributed by atoms with Gasteiger partial charge in [-0.1, -0.05) is 25.1 Å². The first kappa shape index (κ1) is 11.7. The molecule has 1 aromatic carbocycles. The number of carbonyl (C=O) groups is 1. The molecule has 0 spiro atoms. The van der Waals surface area contributed by atoms with Crippen LogP contribution in [0.3, 0.4) is 0 Å². The summed E-state index contributed by atoms with van der Waals surface area (Å²) in [5, 5.41) is 0. The van der Waals surface area contributed by atoms with Crippen molar-refractivity contribution in [1.82, 2.24) is 0 Å². The maximum atomic E-state index is 11.6. The van der Waals surface area contributed by atoms with Crippen molar-refractivity contribution in [3.63, 3.8) is 0 Å². The van der Waals surface area contributed by atoms with E-state index in [0.29, 0.717) is 12.2 Å². The van der Waals surface area contributed by atoms with E-state index in [0.717, 1.165) is 5.56 Å². The molecule has 1 unspecified atom stereocenters. The Balaban J connectivity index is 3.05. The molecule has 0 amide bonds. The van der Waals surface area contributed by atoms with E-state index in [1.54, 1.807) is 7.11 Å². The van der Waals surface area contributed by atoms with Gasteiger partial charge in [0.1, 0.15) is 11.9 Å². The summed E-state index contributed by atoms with van der Waals surface area (Å²) in [6.45, 7) is 1.82. The molecule has 0 radical (unpaired) electrons. The molecule has 1 atom stereocenters. The van der Waals surface area contributed by atoms with Crippen LogP contribution in [0.1, 0.15) is 25.0 Å². The van der Waals surface area contributed by atoms with E-state index >= 15 is 0 Å². The van der Waals surface area contributed by atoms with E-state index in [1.165, 1.54) is 7.11 Å². The molecule has 0 bridgehead atoms. The first-order valence-electron chi connectivity index (χ1n) is 4.93. The fraction of sp³-hybridized carbons (Fsp3) is 0.417. The summed E-state index contributed by atoms with van der Waals surface area (Å²) in [5.41, 5.74) is 0.786. The number of rotatable bonds is 5. The Morgan fingerprint density at radius 1 is 1.33 bits per heavy atom. The van der Waals surface area contributed by atoms with Gasteiger partial charge in [0.15, 0.2) is 5.78 Å². The second-order valence-electron chi connectivity index (χ2n) is 3.18. The number of methoxy groups -OCH3 is 2. The molecule has 1 aromatic rings. The van der Waals surface area contributed by atoms with E-state index in [2.05, 4.69) is 0 Å². The van der Waals surface area contributed by atoms with Gasteiger partial charge in [0.2, 0.25) is 0 Å². The summed E-state index contributed by atoms with van der Waals surface area (Å²) in [6.07, 6.45) is -0.0672. The highest BCUT2D eigenvalue weighted by atomic mass is 16.5. The zero-order chi connectivity index (χ0) is 11.3. The summed E-state index contributed by atoms with van der Waals surface area (Å²) in [7, 11) is 3.12. The Morgan fingerprint density at radius 3 is 2.53 bits per heavy atom. The van der Waals surface area contributed by atoms with Crippen LogP contribution in [-0.2, 0) is 9.53 Å². The maximum absolute atomic E-state index is 11.6. The maximum Gasteiger partial charge on any atom is 0.165 e. The number of hydrogen-bond acceptors (Lipinski definition) is 3. The minimum Gasteiger partial charge on any atom is -0.496 e. The summed E-state index contributed by atoms with van der Waals surface area (Å²) >= 11 is 0. The molecule has 0 aromatic heterocycles. The van der Waals surface area contributed by atoms with Crippen LogP contribution in [0.25, 0.3) is 0 Å². The molecule has 0 saturated heterocycles. The third kappa shape index (κ3) is 2.57. The van der Waals surface area contributed by atoms with Gasteiger partial charge in [0.05, 0.1) is 7.11 Å². The normalized spacial score (nSPS) is 12.2. The molecule has 1 rings (SSSR count). The predicted octanol–water partition coefficient (Wildman–Crippen LogP) is 2.36. The van der Waals surface area contributed by atoms with Crippen molar-refractivity contribution in [3.8, 4) is 5.75 Å². The number of benzene rings is 1. The first-order valence-corrected chi connectivity index (χ1v) is 4.93. The molecular weight excluding hydrogens is 192 g/mol. The largest absolute Gasteiger partial charge is 0.496 e. The van der Waals surface area contributed by atoms with Crippen molar-refractivity contribution in [2.75, 3.05) is 14.2 Å². The van der Waals surface area contributed by atoms with Gasteiger partial charge in [0, 0.05) is 19.1 Å². The zero-order valence-corrected chi connectivity index (χ0v) is 9.32. The number of para-hydroxylation sites is 1. The van der Waals surface area contributed by atoms with Crippen molar-refractivity contribution >= 4 is 5.78 Å². The second kappa shape index (κ2) is 5.51. The van der Waals surface area contributed by atoms with Crippen molar-refractivity contribution in [1.29, 1.82) is 0 Å². The third-order valence-corrected chi connectivity index (χ3v) is 2.30. The summed E-state index contributed by atoms with van der Waals surface area (Å²) < 4.78 is 10.4.